The predicted molar refractivity (Wildman–Crippen MR) is 91.4 cm³/mol. The summed E-state index contributed by atoms with van der Waals surface area (Å²) < 4.78 is 14.6. The fourth-order valence-electron chi connectivity index (χ4n) is 2.79. The molecule has 2 heterocycles. The second kappa shape index (κ2) is 4.92. The second-order valence-electron chi connectivity index (χ2n) is 5.31. The fourth-order valence-corrected chi connectivity index (χ4v) is 3.26. The van der Waals surface area contributed by atoms with Gasteiger partial charge in [0, 0.05) is 32.6 Å². The number of hydrogen-bond donors (Lipinski definition) is 1. The van der Waals surface area contributed by atoms with Crippen LogP contribution in [0.4, 0.5) is 4.39 Å². The Bertz CT molecular complexity index is 1020. The summed E-state index contributed by atoms with van der Waals surface area (Å²) in [5.41, 5.74) is 4.23. The molecule has 0 saturated carbocycles. The summed E-state index contributed by atoms with van der Waals surface area (Å²) in [5.74, 6) is -0.199. The summed E-state index contributed by atoms with van der Waals surface area (Å²) in [4.78, 5) is 7.93. The van der Waals surface area contributed by atoms with Crippen LogP contribution in [-0.2, 0) is 0 Å². The Kier molecular flexibility index (Phi) is 3.01. The lowest BCUT2D eigenvalue weighted by Crippen LogP contribution is -1.86. The zero-order chi connectivity index (χ0) is 15.3. The molecule has 108 valence electrons. The molecule has 0 aliphatic heterocycles. The third-order valence-electron chi connectivity index (χ3n) is 4.00. The second-order valence-corrected chi connectivity index (χ2v) is 6.16. The van der Waals surface area contributed by atoms with Crippen molar-refractivity contribution in [3.63, 3.8) is 0 Å². The lowest BCUT2D eigenvalue weighted by Gasteiger charge is -2.04. The lowest BCUT2D eigenvalue weighted by molar-refractivity contribution is 0.620. The molecule has 0 atom stereocenters. The van der Waals surface area contributed by atoms with E-state index in [4.69, 9.17) is 4.98 Å². The quantitative estimate of drug-likeness (QED) is 0.474. The number of hydrogen-bond acceptors (Lipinski definition) is 1. The van der Waals surface area contributed by atoms with Gasteiger partial charge >= 0.3 is 0 Å². The highest BCUT2D eigenvalue weighted by atomic mass is 79.9. The fraction of sp³-hybridized carbons (Fsp3) is 0.0556. The first-order valence-corrected chi connectivity index (χ1v) is 7.76. The Labute approximate surface area is 135 Å². The van der Waals surface area contributed by atoms with Crippen LogP contribution in [0.15, 0.2) is 53.1 Å². The van der Waals surface area contributed by atoms with Crippen LogP contribution >= 0.6 is 15.9 Å². The molecule has 0 spiro atoms. The molecular formula is C18H12BrFN2. The molecule has 0 unspecified atom stereocenters. The van der Waals surface area contributed by atoms with Gasteiger partial charge in [-0.25, -0.2) is 9.37 Å². The van der Waals surface area contributed by atoms with Gasteiger partial charge in [-0.15, -0.1) is 0 Å². The van der Waals surface area contributed by atoms with Crippen molar-refractivity contribution in [2.75, 3.05) is 0 Å². The van der Waals surface area contributed by atoms with E-state index in [0.29, 0.717) is 5.56 Å². The summed E-state index contributed by atoms with van der Waals surface area (Å²) in [6.07, 6.45) is 1.89. The number of benzene rings is 2. The van der Waals surface area contributed by atoms with E-state index < -0.39 is 0 Å². The topological polar surface area (TPSA) is 28.7 Å². The molecule has 0 aliphatic rings. The van der Waals surface area contributed by atoms with Crippen molar-refractivity contribution < 1.29 is 4.39 Å². The molecule has 22 heavy (non-hydrogen) atoms. The summed E-state index contributed by atoms with van der Waals surface area (Å²) >= 11 is 3.55. The summed E-state index contributed by atoms with van der Waals surface area (Å²) in [5, 5.41) is 2.07. The van der Waals surface area contributed by atoms with Gasteiger partial charge in [0.15, 0.2) is 0 Å². The Balaban J connectivity index is 1.99. The van der Waals surface area contributed by atoms with Crippen molar-refractivity contribution in [2.45, 2.75) is 6.92 Å². The van der Waals surface area contributed by atoms with Gasteiger partial charge in [0.05, 0.1) is 16.7 Å². The highest BCUT2D eigenvalue weighted by molar-refractivity contribution is 9.10. The summed E-state index contributed by atoms with van der Waals surface area (Å²) in [6, 6.07) is 13.4. The van der Waals surface area contributed by atoms with E-state index in [1.807, 2.05) is 30.5 Å². The molecule has 0 radical (unpaired) electrons. The van der Waals surface area contributed by atoms with Crippen LogP contribution in [0.3, 0.4) is 0 Å². The van der Waals surface area contributed by atoms with Gasteiger partial charge in [0.1, 0.15) is 5.82 Å². The van der Waals surface area contributed by atoms with E-state index in [2.05, 4.69) is 27.0 Å². The van der Waals surface area contributed by atoms with Crippen molar-refractivity contribution in [1.29, 1.82) is 0 Å². The molecule has 4 rings (SSSR count). The number of aryl methyl sites for hydroxylation is 1. The number of pyridine rings is 1. The van der Waals surface area contributed by atoms with E-state index in [1.165, 1.54) is 6.07 Å². The maximum absolute atomic E-state index is 13.7. The van der Waals surface area contributed by atoms with Crippen LogP contribution < -0.4 is 0 Å². The minimum absolute atomic E-state index is 0.199. The molecule has 4 aromatic rings. The lowest BCUT2D eigenvalue weighted by atomic mass is 10.1. The van der Waals surface area contributed by atoms with Crippen LogP contribution in [0.5, 0.6) is 0 Å². The highest BCUT2D eigenvalue weighted by Crippen LogP contribution is 2.32. The number of aromatic amines is 1. The predicted octanol–water partition coefficient (Wildman–Crippen LogP) is 5.59. The maximum atomic E-state index is 13.7. The van der Waals surface area contributed by atoms with E-state index in [1.54, 1.807) is 13.0 Å². The number of para-hydroxylation sites is 1. The van der Waals surface area contributed by atoms with Crippen LogP contribution in [0.2, 0.25) is 0 Å². The number of nitrogens with one attached hydrogen (secondary N) is 1. The number of H-pyrrole nitrogens is 1. The monoisotopic (exact) mass is 354 g/mol. The van der Waals surface area contributed by atoms with E-state index >= 15 is 0 Å². The van der Waals surface area contributed by atoms with Crippen LogP contribution in [-0.4, -0.2) is 9.97 Å². The standard InChI is InChI=1S/C18H12BrFN2/c1-10-15(20)7-6-12-13(9-21-17(10)12)16-8-5-11-3-2-4-14(19)18(11)22-16/h2-9,21H,1H3. The summed E-state index contributed by atoms with van der Waals surface area (Å²) in [6.45, 7) is 1.78. The molecular weight excluding hydrogens is 343 g/mol. The Morgan fingerprint density at radius 3 is 2.82 bits per heavy atom. The first kappa shape index (κ1) is 13.5. The number of fused-ring (bicyclic) bond motifs is 2. The van der Waals surface area contributed by atoms with Gasteiger partial charge in [0.25, 0.3) is 0 Å². The van der Waals surface area contributed by atoms with E-state index in [0.717, 1.165) is 37.5 Å². The smallest absolute Gasteiger partial charge is 0.128 e. The largest absolute Gasteiger partial charge is 0.360 e. The van der Waals surface area contributed by atoms with Gasteiger partial charge in [0.2, 0.25) is 0 Å². The Hall–Kier alpha value is -2.20. The molecule has 2 aromatic heterocycles. The SMILES string of the molecule is Cc1c(F)ccc2c(-c3ccc4cccc(Br)c4n3)c[nH]c12. The molecule has 1 N–H and O–H groups in total. The molecule has 0 aliphatic carbocycles. The van der Waals surface area contributed by atoms with Crippen LogP contribution in [0.25, 0.3) is 33.1 Å². The Morgan fingerprint density at radius 1 is 1.09 bits per heavy atom. The molecule has 4 heteroatoms. The van der Waals surface area contributed by atoms with Crippen molar-refractivity contribution in [3.05, 3.63) is 64.5 Å². The van der Waals surface area contributed by atoms with Crippen molar-refractivity contribution in [3.8, 4) is 11.3 Å². The van der Waals surface area contributed by atoms with Crippen LogP contribution in [0.1, 0.15) is 5.56 Å². The molecule has 0 bridgehead atoms. The highest BCUT2D eigenvalue weighted by Gasteiger charge is 2.12. The van der Waals surface area contributed by atoms with E-state index in [-0.39, 0.29) is 5.82 Å². The van der Waals surface area contributed by atoms with Crippen LogP contribution in [0, 0.1) is 12.7 Å². The van der Waals surface area contributed by atoms with Gasteiger partial charge in [-0.05, 0) is 47.1 Å². The number of halogens is 2. The number of aromatic nitrogens is 2. The average Bonchev–Trinajstić information content (AvgIpc) is 2.96. The molecule has 0 amide bonds. The van der Waals surface area contributed by atoms with Gasteiger partial charge in [-0.3, -0.25) is 0 Å². The van der Waals surface area contributed by atoms with Crippen molar-refractivity contribution in [1.82, 2.24) is 9.97 Å². The third-order valence-corrected chi connectivity index (χ3v) is 4.64. The molecule has 2 nitrogen and oxygen atoms in total. The first-order valence-electron chi connectivity index (χ1n) is 6.97. The van der Waals surface area contributed by atoms with Crippen molar-refractivity contribution >= 4 is 37.7 Å². The zero-order valence-corrected chi connectivity index (χ0v) is 13.4. The number of nitrogens with zero attached hydrogens (tertiary/aromatic N) is 1. The molecule has 0 saturated heterocycles. The third kappa shape index (κ3) is 1.95. The van der Waals surface area contributed by atoms with Gasteiger partial charge in [-0.1, -0.05) is 18.2 Å². The Morgan fingerprint density at radius 2 is 1.95 bits per heavy atom. The first-order chi connectivity index (χ1) is 10.6. The van der Waals surface area contributed by atoms with Gasteiger partial charge < -0.3 is 4.98 Å². The zero-order valence-electron chi connectivity index (χ0n) is 11.8. The van der Waals surface area contributed by atoms with E-state index in [9.17, 15) is 4.39 Å². The van der Waals surface area contributed by atoms with Crippen molar-refractivity contribution in [2.24, 2.45) is 0 Å². The number of rotatable bonds is 1. The summed E-state index contributed by atoms with van der Waals surface area (Å²) in [7, 11) is 0. The molecule has 0 fully saturated rings. The van der Waals surface area contributed by atoms with Gasteiger partial charge in [-0.2, -0.15) is 0 Å². The minimum Gasteiger partial charge on any atom is -0.360 e. The minimum atomic E-state index is -0.199. The molecule has 2 aromatic carbocycles. The average molecular weight is 355 g/mol. The maximum Gasteiger partial charge on any atom is 0.128 e. The normalized spacial score (nSPS) is 11.4.